The molecule has 7 heteroatoms. The number of nitrogens with two attached hydrogens (primary N) is 1. The first-order valence-corrected chi connectivity index (χ1v) is 7.63. The average Bonchev–Trinajstić information content (AvgIpc) is 2.95. The van der Waals surface area contributed by atoms with Gasteiger partial charge in [0.05, 0.1) is 6.10 Å². The van der Waals surface area contributed by atoms with Crippen LogP contribution in [0.1, 0.15) is 28.1 Å². The molecule has 3 N–H and O–H groups in total. The predicted molar refractivity (Wildman–Crippen MR) is 76.2 cm³/mol. The van der Waals surface area contributed by atoms with E-state index in [1.54, 1.807) is 0 Å². The molecule has 1 aromatic heterocycles. The zero-order valence-electron chi connectivity index (χ0n) is 10.4. The second-order valence-corrected chi connectivity index (χ2v) is 6.17. The van der Waals surface area contributed by atoms with Gasteiger partial charge in [-0.1, -0.05) is 0 Å². The first-order valence-electron chi connectivity index (χ1n) is 5.95. The zero-order chi connectivity index (χ0) is 14.0. The Morgan fingerprint density at radius 1 is 1.58 bits per heavy atom. The number of rotatable bonds is 4. The van der Waals surface area contributed by atoms with Crippen LogP contribution in [0.5, 0.6) is 0 Å². The third-order valence-electron chi connectivity index (χ3n) is 3.02. The molecule has 1 saturated heterocycles. The normalized spacial score (nSPS) is 22.4. The van der Waals surface area contributed by atoms with Crippen LogP contribution in [0, 0.1) is 6.92 Å². The van der Waals surface area contributed by atoms with Crippen molar-refractivity contribution in [3.63, 3.8) is 0 Å². The van der Waals surface area contributed by atoms with Gasteiger partial charge in [0.2, 0.25) is 5.91 Å². The van der Waals surface area contributed by atoms with Crippen LogP contribution in [0.4, 0.5) is 0 Å². The lowest BCUT2D eigenvalue weighted by Crippen LogP contribution is -2.34. The molecule has 104 valence electrons. The summed E-state index contributed by atoms with van der Waals surface area (Å²) in [5.74, 6) is -0.568. The van der Waals surface area contributed by atoms with Crippen molar-refractivity contribution in [1.82, 2.24) is 5.32 Å². The van der Waals surface area contributed by atoms with E-state index in [2.05, 4.69) is 21.2 Å². The van der Waals surface area contributed by atoms with E-state index in [0.29, 0.717) is 17.8 Å². The van der Waals surface area contributed by atoms with Crippen LogP contribution in [-0.2, 0) is 9.53 Å². The van der Waals surface area contributed by atoms with Crippen molar-refractivity contribution in [2.45, 2.75) is 32.0 Å². The lowest BCUT2D eigenvalue weighted by molar-refractivity contribution is -0.128. The molecule has 2 amide bonds. The maximum atomic E-state index is 12.0. The first-order chi connectivity index (χ1) is 8.99. The first kappa shape index (κ1) is 14.5. The lowest BCUT2D eigenvalue weighted by Gasteiger charge is -2.12. The predicted octanol–water partition coefficient (Wildman–Crippen LogP) is 1.58. The van der Waals surface area contributed by atoms with Gasteiger partial charge in [-0.2, -0.15) is 0 Å². The number of carbonyl (C=O) groups is 2. The molecular formula is C12H15BrN2O3S. The summed E-state index contributed by atoms with van der Waals surface area (Å²) >= 11 is 4.79. The monoisotopic (exact) mass is 346 g/mol. The highest BCUT2D eigenvalue weighted by molar-refractivity contribution is 9.10. The van der Waals surface area contributed by atoms with Gasteiger partial charge in [-0.3, -0.25) is 9.59 Å². The summed E-state index contributed by atoms with van der Waals surface area (Å²) in [7, 11) is 0. The molecule has 5 nitrogen and oxygen atoms in total. The van der Waals surface area contributed by atoms with Crippen molar-refractivity contribution in [3.05, 3.63) is 20.3 Å². The summed E-state index contributed by atoms with van der Waals surface area (Å²) in [4.78, 5) is 23.6. The van der Waals surface area contributed by atoms with E-state index in [1.165, 1.54) is 11.3 Å². The van der Waals surface area contributed by atoms with E-state index in [4.69, 9.17) is 10.5 Å². The summed E-state index contributed by atoms with van der Waals surface area (Å²) in [6.45, 7) is 2.33. The van der Waals surface area contributed by atoms with Crippen molar-refractivity contribution in [2.75, 3.05) is 6.54 Å². The van der Waals surface area contributed by atoms with Crippen LogP contribution in [-0.4, -0.2) is 30.6 Å². The molecule has 2 rings (SSSR count). The summed E-state index contributed by atoms with van der Waals surface area (Å²) in [5, 5.41) is 4.74. The number of hydrogen-bond acceptors (Lipinski definition) is 4. The third kappa shape index (κ3) is 3.34. The molecule has 0 radical (unpaired) electrons. The minimum atomic E-state index is -0.516. The molecule has 2 atom stereocenters. The molecule has 19 heavy (non-hydrogen) atoms. The molecule has 0 aliphatic carbocycles. The van der Waals surface area contributed by atoms with Crippen LogP contribution in [0.15, 0.2) is 9.85 Å². The average molecular weight is 347 g/mol. The fraction of sp³-hybridized carbons (Fsp3) is 0.500. The number of halogens is 1. The fourth-order valence-corrected chi connectivity index (χ4v) is 3.52. The Bertz CT molecular complexity index is 503. The number of hydrogen-bond donors (Lipinski definition) is 2. The Balaban J connectivity index is 1.85. The summed E-state index contributed by atoms with van der Waals surface area (Å²) in [5.41, 5.74) is 6.22. The zero-order valence-corrected chi connectivity index (χ0v) is 12.8. The van der Waals surface area contributed by atoms with Crippen LogP contribution in [0.25, 0.3) is 0 Å². The summed E-state index contributed by atoms with van der Waals surface area (Å²) < 4.78 is 6.28. The number of carbonyl (C=O) groups excluding carboxylic acids is 2. The number of primary amides is 1. The molecule has 0 unspecified atom stereocenters. The van der Waals surface area contributed by atoms with E-state index in [-0.39, 0.29) is 12.0 Å². The van der Waals surface area contributed by atoms with E-state index in [1.807, 2.05) is 12.3 Å². The summed E-state index contributed by atoms with van der Waals surface area (Å²) in [6, 6.07) is 0. The van der Waals surface area contributed by atoms with E-state index < -0.39 is 12.0 Å². The van der Waals surface area contributed by atoms with Crippen LogP contribution in [0.2, 0.25) is 0 Å². The van der Waals surface area contributed by atoms with Gasteiger partial charge in [0, 0.05) is 11.0 Å². The second-order valence-electron chi connectivity index (χ2n) is 4.50. The Hall–Kier alpha value is -0.920. The van der Waals surface area contributed by atoms with E-state index in [0.717, 1.165) is 16.5 Å². The van der Waals surface area contributed by atoms with Crippen molar-refractivity contribution in [2.24, 2.45) is 5.73 Å². The standard InChI is InChI=1S/C12H15BrN2O3S/c1-6-5-19-10(9(6)13)12(17)15-4-7-2-3-8(18-7)11(14)16/h5,7-8H,2-4H2,1H3,(H2,14,16)(H,15,17)/t7-,8-/m1/s1. The minimum Gasteiger partial charge on any atom is -0.367 e. The number of ether oxygens (including phenoxy) is 1. The largest absolute Gasteiger partial charge is 0.367 e. The number of aryl methyl sites for hydroxylation is 1. The molecule has 1 aliphatic heterocycles. The van der Waals surface area contributed by atoms with Gasteiger partial charge in [-0.15, -0.1) is 11.3 Å². The third-order valence-corrected chi connectivity index (χ3v) is 5.40. The summed E-state index contributed by atoms with van der Waals surface area (Å²) in [6.07, 6.45) is 0.704. The molecular weight excluding hydrogens is 332 g/mol. The van der Waals surface area contributed by atoms with Gasteiger partial charge in [-0.25, -0.2) is 0 Å². The molecule has 1 aromatic rings. The molecule has 1 fully saturated rings. The van der Waals surface area contributed by atoms with Gasteiger partial charge in [0.1, 0.15) is 11.0 Å². The Morgan fingerprint density at radius 2 is 2.32 bits per heavy atom. The van der Waals surface area contributed by atoms with Gasteiger partial charge >= 0.3 is 0 Å². The molecule has 0 bridgehead atoms. The molecule has 0 aromatic carbocycles. The maximum Gasteiger partial charge on any atom is 0.262 e. The molecule has 2 heterocycles. The smallest absolute Gasteiger partial charge is 0.262 e. The SMILES string of the molecule is Cc1csc(C(=O)NC[C@H]2CC[C@H](C(N)=O)O2)c1Br. The fourth-order valence-electron chi connectivity index (χ4n) is 1.94. The second kappa shape index (κ2) is 6.02. The highest BCUT2D eigenvalue weighted by atomic mass is 79.9. The van der Waals surface area contributed by atoms with Crippen LogP contribution in [0.3, 0.4) is 0 Å². The minimum absolute atomic E-state index is 0.129. The highest BCUT2D eigenvalue weighted by Gasteiger charge is 2.29. The number of nitrogens with one attached hydrogen (secondary N) is 1. The van der Waals surface area contributed by atoms with Crippen molar-refractivity contribution >= 4 is 39.1 Å². The lowest BCUT2D eigenvalue weighted by atomic mass is 10.2. The maximum absolute atomic E-state index is 12.0. The Labute approximate surface area is 123 Å². The topological polar surface area (TPSA) is 81.4 Å². The Kier molecular flexibility index (Phi) is 4.59. The van der Waals surface area contributed by atoms with Crippen molar-refractivity contribution < 1.29 is 14.3 Å². The molecule has 0 spiro atoms. The quantitative estimate of drug-likeness (QED) is 0.868. The van der Waals surface area contributed by atoms with E-state index in [9.17, 15) is 9.59 Å². The van der Waals surface area contributed by atoms with Crippen molar-refractivity contribution in [3.8, 4) is 0 Å². The van der Waals surface area contributed by atoms with Gasteiger partial charge in [-0.05, 0) is 46.6 Å². The Morgan fingerprint density at radius 3 is 2.84 bits per heavy atom. The van der Waals surface area contributed by atoms with Gasteiger partial charge in [0.15, 0.2) is 0 Å². The number of amides is 2. The van der Waals surface area contributed by atoms with Gasteiger partial charge in [0.25, 0.3) is 5.91 Å². The van der Waals surface area contributed by atoms with Gasteiger partial charge < -0.3 is 15.8 Å². The highest BCUT2D eigenvalue weighted by Crippen LogP contribution is 2.27. The van der Waals surface area contributed by atoms with Crippen LogP contribution >= 0.6 is 27.3 Å². The number of thiophene rings is 1. The van der Waals surface area contributed by atoms with Crippen molar-refractivity contribution in [1.29, 1.82) is 0 Å². The van der Waals surface area contributed by atoms with E-state index >= 15 is 0 Å². The molecule has 0 saturated carbocycles. The van der Waals surface area contributed by atoms with Crippen LogP contribution < -0.4 is 11.1 Å². The molecule has 1 aliphatic rings.